The maximum atomic E-state index is 6.30. The van der Waals surface area contributed by atoms with E-state index in [0.717, 1.165) is 0 Å². The smallest absolute Gasteiger partial charge is 0.320 e. The van der Waals surface area contributed by atoms with Crippen LogP contribution in [0.5, 0.6) is 0 Å². The Hall–Kier alpha value is -0.280. The summed E-state index contributed by atoms with van der Waals surface area (Å²) >= 11 is 0. The first-order valence-electron chi connectivity index (χ1n) is 8.35. The molecule has 2 saturated heterocycles. The van der Waals surface area contributed by atoms with E-state index in [9.17, 15) is 0 Å². The molecule has 2 heterocycles. The van der Waals surface area contributed by atoms with E-state index >= 15 is 0 Å². The van der Waals surface area contributed by atoms with Crippen molar-refractivity contribution in [2.45, 2.75) is 63.7 Å². The van der Waals surface area contributed by atoms with Crippen molar-refractivity contribution in [1.82, 2.24) is 0 Å². The summed E-state index contributed by atoms with van der Waals surface area (Å²) in [5.41, 5.74) is -1.36. The molecule has 136 valence electrons. The molecule has 7 heteroatoms. The number of hydrogen-bond donors (Lipinski definition) is 0. The van der Waals surface area contributed by atoms with E-state index in [2.05, 4.69) is 0 Å². The zero-order valence-electron chi connectivity index (χ0n) is 15.1. The van der Waals surface area contributed by atoms with Crippen LogP contribution in [0.3, 0.4) is 0 Å². The number of epoxide rings is 2. The van der Waals surface area contributed by atoms with Crippen LogP contribution in [0, 0.1) is 0 Å². The third-order valence-electron chi connectivity index (χ3n) is 4.72. The number of hydrogen-bond acceptors (Lipinski definition) is 7. The summed E-state index contributed by atoms with van der Waals surface area (Å²) in [5, 5.41) is 0. The van der Waals surface area contributed by atoms with Gasteiger partial charge in [0, 0.05) is 27.4 Å². The number of methoxy groups -OCH3 is 2. The van der Waals surface area contributed by atoms with Gasteiger partial charge in [-0.3, -0.25) is 4.74 Å². The minimum Gasteiger partial charge on any atom is -0.361 e. The Balaban J connectivity index is 2.38. The van der Waals surface area contributed by atoms with Crippen LogP contribution in [-0.2, 0) is 33.2 Å². The maximum Gasteiger partial charge on any atom is 0.320 e. The summed E-state index contributed by atoms with van der Waals surface area (Å²) in [7, 11) is 3.07. The summed E-state index contributed by atoms with van der Waals surface area (Å²) in [6.45, 7) is 9.52. The van der Waals surface area contributed by atoms with E-state index in [-0.39, 0.29) is 0 Å². The minimum absolute atomic E-state index is 0.394. The van der Waals surface area contributed by atoms with Gasteiger partial charge in [0.15, 0.2) is 11.2 Å². The van der Waals surface area contributed by atoms with E-state index in [0.29, 0.717) is 39.3 Å². The normalized spacial score (nSPS) is 34.7. The van der Waals surface area contributed by atoms with E-state index in [4.69, 9.17) is 33.2 Å². The van der Waals surface area contributed by atoms with Gasteiger partial charge in [0.05, 0.1) is 13.2 Å². The summed E-state index contributed by atoms with van der Waals surface area (Å²) in [5.74, 6) is -2.84. The van der Waals surface area contributed by atoms with Gasteiger partial charge >= 0.3 is 11.9 Å². The molecule has 0 saturated carbocycles. The summed E-state index contributed by atoms with van der Waals surface area (Å²) in [4.78, 5) is 0. The van der Waals surface area contributed by atoms with Crippen molar-refractivity contribution in [2.24, 2.45) is 0 Å². The van der Waals surface area contributed by atoms with Crippen LogP contribution in [0.4, 0.5) is 0 Å². The Labute approximate surface area is 138 Å². The van der Waals surface area contributed by atoms with E-state index < -0.39 is 23.1 Å². The van der Waals surface area contributed by atoms with Gasteiger partial charge in [-0.1, -0.05) is 13.8 Å². The molecule has 2 fully saturated rings. The molecule has 0 radical (unpaired) electrons. The molecule has 0 aliphatic carbocycles. The second-order valence-corrected chi connectivity index (χ2v) is 5.76. The first kappa shape index (κ1) is 19.1. The first-order valence-corrected chi connectivity index (χ1v) is 8.35. The highest BCUT2D eigenvalue weighted by Crippen LogP contribution is 2.52. The third-order valence-corrected chi connectivity index (χ3v) is 4.72. The molecule has 0 aromatic rings. The molecule has 0 aromatic carbocycles. The fourth-order valence-electron chi connectivity index (χ4n) is 3.01. The molecular formula is C16H30O7. The monoisotopic (exact) mass is 334 g/mol. The van der Waals surface area contributed by atoms with Crippen LogP contribution in [-0.4, -0.2) is 63.8 Å². The largest absolute Gasteiger partial charge is 0.361 e. The lowest BCUT2D eigenvalue weighted by atomic mass is 10.0. The number of rotatable bonds is 12. The van der Waals surface area contributed by atoms with Crippen molar-refractivity contribution in [3.63, 3.8) is 0 Å². The minimum atomic E-state index is -1.42. The van der Waals surface area contributed by atoms with Crippen molar-refractivity contribution in [3.05, 3.63) is 0 Å². The number of ether oxygens (including phenoxy) is 7. The second-order valence-electron chi connectivity index (χ2n) is 5.76. The summed E-state index contributed by atoms with van der Waals surface area (Å²) < 4.78 is 40.8. The average Bonchev–Trinajstić information content (AvgIpc) is 3.48. The molecule has 2 aliphatic rings. The summed E-state index contributed by atoms with van der Waals surface area (Å²) in [6, 6.07) is 0. The SMILES string of the molecule is CCOC(OC)(OC(OC)(OCC)C1(CC)CO1)C1(CC)CO1. The third kappa shape index (κ3) is 2.93. The molecule has 23 heavy (non-hydrogen) atoms. The highest BCUT2D eigenvalue weighted by molar-refractivity contribution is 5.05. The Morgan fingerprint density at radius 3 is 1.30 bits per heavy atom. The van der Waals surface area contributed by atoms with Crippen LogP contribution in [0.1, 0.15) is 40.5 Å². The Morgan fingerprint density at radius 2 is 1.13 bits per heavy atom. The van der Waals surface area contributed by atoms with E-state index in [1.165, 1.54) is 14.2 Å². The van der Waals surface area contributed by atoms with Crippen molar-refractivity contribution in [2.75, 3.05) is 40.6 Å². The topological polar surface area (TPSA) is 71.2 Å². The Morgan fingerprint density at radius 1 is 0.783 bits per heavy atom. The lowest BCUT2D eigenvalue weighted by molar-refractivity contribution is -0.521. The van der Waals surface area contributed by atoms with E-state index in [1.54, 1.807) is 0 Å². The highest BCUT2D eigenvalue weighted by Gasteiger charge is 2.73. The zero-order valence-corrected chi connectivity index (χ0v) is 15.1. The molecule has 0 spiro atoms. The predicted molar refractivity (Wildman–Crippen MR) is 81.8 cm³/mol. The van der Waals surface area contributed by atoms with Gasteiger partial charge in [0.1, 0.15) is 0 Å². The molecule has 2 rings (SSSR count). The standard InChI is InChI=1S/C16H30O7/c1-7-13(11-21-13)15(17-5,19-9-3)23-16(18-6,20-10-4)14(8-2)12-22-14/h7-12H2,1-6H3. The maximum absolute atomic E-state index is 6.30. The van der Waals surface area contributed by atoms with Crippen LogP contribution in [0.2, 0.25) is 0 Å². The van der Waals surface area contributed by atoms with Crippen LogP contribution in [0.25, 0.3) is 0 Å². The van der Waals surface area contributed by atoms with Gasteiger partial charge < -0.3 is 28.4 Å². The van der Waals surface area contributed by atoms with Crippen LogP contribution < -0.4 is 0 Å². The lowest BCUT2D eigenvalue weighted by Gasteiger charge is -2.45. The Kier molecular flexibility index (Phi) is 5.73. The fourth-order valence-corrected chi connectivity index (χ4v) is 3.01. The summed E-state index contributed by atoms with van der Waals surface area (Å²) in [6.07, 6.45) is 1.35. The molecule has 0 aromatic heterocycles. The molecule has 4 atom stereocenters. The van der Waals surface area contributed by atoms with E-state index in [1.807, 2.05) is 27.7 Å². The molecule has 7 nitrogen and oxygen atoms in total. The first-order chi connectivity index (χ1) is 11.0. The van der Waals surface area contributed by atoms with Crippen molar-refractivity contribution in [3.8, 4) is 0 Å². The molecule has 0 bridgehead atoms. The zero-order chi connectivity index (χ0) is 17.2. The quantitative estimate of drug-likeness (QED) is 0.399. The van der Waals surface area contributed by atoms with Crippen LogP contribution >= 0.6 is 0 Å². The van der Waals surface area contributed by atoms with Crippen LogP contribution in [0.15, 0.2) is 0 Å². The molecule has 0 amide bonds. The molecule has 2 aliphatic heterocycles. The van der Waals surface area contributed by atoms with Gasteiger partial charge in [0.2, 0.25) is 0 Å². The van der Waals surface area contributed by atoms with Gasteiger partial charge in [-0.05, 0) is 26.7 Å². The average molecular weight is 334 g/mol. The van der Waals surface area contributed by atoms with Gasteiger partial charge in [-0.2, -0.15) is 0 Å². The highest BCUT2D eigenvalue weighted by atomic mass is 17.0. The van der Waals surface area contributed by atoms with Crippen molar-refractivity contribution in [1.29, 1.82) is 0 Å². The lowest BCUT2D eigenvalue weighted by Crippen LogP contribution is -2.63. The van der Waals surface area contributed by atoms with Crippen molar-refractivity contribution < 1.29 is 33.2 Å². The van der Waals surface area contributed by atoms with Crippen molar-refractivity contribution >= 4 is 0 Å². The Bertz CT molecular complexity index is 358. The second kappa shape index (κ2) is 6.92. The fraction of sp³-hybridized carbons (Fsp3) is 1.00. The molecule has 4 unspecified atom stereocenters. The van der Waals surface area contributed by atoms with Gasteiger partial charge in [-0.15, -0.1) is 0 Å². The molecule has 0 N–H and O–H groups in total. The predicted octanol–water partition coefficient (Wildman–Crippen LogP) is 2.03. The van der Waals surface area contributed by atoms with Gasteiger partial charge in [-0.25, -0.2) is 0 Å². The molecular weight excluding hydrogens is 304 g/mol. The van der Waals surface area contributed by atoms with Gasteiger partial charge in [0.25, 0.3) is 0 Å².